The van der Waals surface area contributed by atoms with Gasteiger partial charge >= 0.3 is 0 Å². The van der Waals surface area contributed by atoms with Crippen LogP contribution >= 0.6 is 0 Å². The Bertz CT molecular complexity index is 978. The molecule has 3 aliphatic heterocycles. The summed E-state index contributed by atoms with van der Waals surface area (Å²) in [7, 11) is 0. The number of carbonyl (C=O) groups excluding carboxylic acids is 2. The molecule has 0 saturated carbocycles. The van der Waals surface area contributed by atoms with E-state index >= 15 is 0 Å². The summed E-state index contributed by atoms with van der Waals surface area (Å²) in [5, 5.41) is 4.45. The molecule has 9 heteroatoms. The van der Waals surface area contributed by atoms with Crippen LogP contribution in [-0.4, -0.2) is 81.7 Å². The van der Waals surface area contributed by atoms with Crippen molar-refractivity contribution in [1.29, 1.82) is 0 Å². The molecule has 172 valence electrons. The Labute approximate surface area is 187 Å². The molecule has 0 N–H and O–H groups in total. The lowest BCUT2D eigenvalue weighted by Crippen LogP contribution is -2.44. The molecule has 0 aromatic carbocycles. The first-order valence-electron chi connectivity index (χ1n) is 11.7. The third-order valence-electron chi connectivity index (χ3n) is 6.95. The molecule has 0 spiro atoms. The van der Waals surface area contributed by atoms with Crippen molar-refractivity contribution in [3.8, 4) is 5.88 Å². The number of imidazole rings is 1. The average Bonchev–Trinajstić information content (AvgIpc) is 3.39. The third kappa shape index (κ3) is 4.44. The van der Waals surface area contributed by atoms with Crippen LogP contribution in [0.3, 0.4) is 0 Å². The van der Waals surface area contributed by atoms with Crippen molar-refractivity contribution in [3.63, 3.8) is 0 Å². The van der Waals surface area contributed by atoms with Gasteiger partial charge in [-0.2, -0.15) is 0 Å². The summed E-state index contributed by atoms with van der Waals surface area (Å²) in [5.74, 6) is 1.04. The number of likely N-dealkylation sites (tertiary alicyclic amines) is 2. The zero-order valence-corrected chi connectivity index (χ0v) is 18.6. The molecule has 5 heterocycles. The van der Waals surface area contributed by atoms with E-state index in [1.165, 1.54) is 0 Å². The maximum absolute atomic E-state index is 13.1. The third-order valence-corrected chi connectivity index (χ3v) is 6.95. The molecule has 2 amide bonds. The number of fused-ring (bicyclic) bond motifs is 1. The van der Waals surface area contributed by atoms with Crippen LogP contribution in [0.15, 0.2) is 18.3 Å². The normalized spacial score (nSPS) is 23.3. The summed E-state index contributed by atoms with van der Waals surface area (Å²) in [6, 6.07) is 3.99. The van der Waals surface area contributed by atoms with Crippen LogP contribution in [-0.2, 0) is 14.3 Å². The van der Waals surface area contributed by atoms with Gasteiger partial charge in [0.1, 0.15) is 0 Å². The summed E-state index contributed by atoms with van der Waals surface area (Å²) in [5.41, 5.74) is 1.73. The van der Waals surface area contributed by atoms with E-state index in [1.54, 1.807) is 4.52 Å². The minimum atomic E-state index is -0.201. The molecule has 32 heavy (non-hydrogen) atoms. The van der Waals surface area contributed by atoms with Gasteiger partial charge in [-0.3, -0.25) is 9.59 Å². The van der Waals surface area contributed by atoms with Crippen molar-refractivity contribution < 1.29 is 19.1 Å². The molecular weight excluding hydrogens is 410 g/mol. The van der Waals surface area contributed by atoms with Crippen molar-refractivity contribution in [1.82, 2.24) is 24.4 Å². The van der Waals surface area contributed by atoms with Gasteiger partial charge in [-0.05, 0) is 44.6 Å². The number of hydrogen-bond acceptors (Lipinski definition) is 6. The van der Waals surface area contributed by atoms with Gasteiger partial charge in [0.25, 0.3) is 0 Å². The fourth-order valence-electron chi connectivity index (χ4n) is 5.09. The SMILES string of the molecule is Cc1cn2nc(OCC3CCN(C(=O)C4CC(=O)N(C5CCOCC5)C4)CC3)ccc2n1. The Morgan fingerprint density at radius 3 is 2.75 bits per heavy atom. The molecule has 5 rings (SSSR count). The highest BCUT2D eigenvalue weighted by Crippen LogP contribution is 2.28. The van der Waals surface area contributed by atoms with Crippen LogP contribution in [0.2, 0.25) is 0 Å². The highest BCUT2D eigenvalue weighted by molar-refractivity contribution is 5.89. The van der Waals surface area contributed by atoms with E-state index in [0.29, 0.717) is 44.6 Å². The molecule has 3 aliphatic rings. The lowest BCUT2D eigenvalue weighted by molar-refractivity contribution is -0.137. The van der Waals surface area contributed by atoms with E-state index in [-0.39, 0.29) is 23.8 Å². The van der Waals surface area contributed by atoms with Crippen LogP contribution in [0.1, 0.15) is 37.8 Å². The highest BCUT2D eigenvalue weighted by Gasteiger charge is 2.40. The molecule has 9 nitrogen and oxygen atoms in total. The Morgan fingerprint density at radius 1 is 1.19 bits per heavy atom. The van der Waals surface area contributed by atoms with Crippen molar-refractivity contribution in [2.75, 3.05) is 39.5 Å². The van der Waals surface area contributed by atoms with Crippen LogP contribution in [0.5, 0.6) is 5.88 Å². The fourth-order valence-corrected chi connectivity index (χ4v) is 5.09. The van der Waals surface area contributed by atoms with Gasteiger partial charge in [0.15, 0.2) is 5.65 Å². The second-order valence-electron chi connectivity index (χ2n) is 9.23. The van der Waals surface area contributed by atoms with Gasteiger partial charge in [0.2, 0.25) is 17.7 Å². The van der Waals surface area contributed by atoms with Crippen LogP contribution < -0.4 is 4.74 Å². The predicted molar refractivity (Wildman–Crippen MR) is 116 cm³/mol. The Morgan fingerprint density at radius 2 is 1.97 bits per heavy atom. The molecule has 2 aromatic rings. The molecule has 1 unspecified atom stereocenters. The van der Waals surface area contributed by atoms with Crippen LogP contribution in [0, 0.1) is 18.8 Å². The predicted octanol–water partition coefficient (Wildman–Crippen LogP) is 1.68. The Hall–Kier alpha value is -2.68. The first-order valence-corrected chi connectivity index (χ1v) is 11.7. The van der Waals surface area contributed by atoms with E-state index < -0.39 is 0 Å². The number of rotatable bonds is 5. The number of amides is 2. The van der Waals surface area contributed by atoms with Gasteiger partial charge in [0, 0.05) is 51.4 Å². The number of aryl methyl sites for hydroxylation is 1. The molecule has 0 radical (unpaired) electrons. The summed E-state index contributed by atoms with van der Waals surface area (Å²) in [6.07, 6.45) is 5.79. The fraction of sp³-hybridized carbons (Fsp3) is 0.652. The minimum Gasteiger partial charge on any atom is -0.476 e. The zero-order chi connectivity index (χ0) is 22.1. The summed E-state index contributed by atoms with van der Waals surface area (Å²) in [6.45, 7) is 5.95. The van der Waals surface area contributed by atoms with Gasteiger partial charge in [-0.1, -0.05) is 0 Å². The van der Waals surface area contributed by atoms with Crippen molar-refractivity contribution in [2.45, 2.75) is 45.1 Å². The standard InChI is InChI=1S/C23H31N5O4/c1-16-13-28-20(24-16)2-3-21(25-28)32-15-17-4-8-26(9-5-17)23(30)18-12-22(29)27(14-18)19-6-10-31-11-7-19/h2-3,13,17-19H,4-12,14-15H2,1H3. The summed E-state index contributed by atoms with van der Waals surface area (Å²) < 4.78 is 13.1. The number of aromatic nitrogens is 3. The topological polar surface area (TPSA) is 89.3 Å². The number of carbonyl (C=O) groups is 2. The summed E-state index contributed by atoms with van der Waals surface area (Å²) in [4.78, 5) is 33.8. The monoisotopic (exact) mass is 441 g/mol. The van der Waals surface area contributed by atoms with Crippen molar-refractivity contribution in [3.05, 3.63) is 24.0 Å². The van der Waals surface area contributed by atoms with Crippen molar-refractivity contribution in [2.24, 2.45) is 11.8 Å². The number of nitrogens with zero attached hydrogens (tertiary/aromatic N) is 5. The first kappa shape index (κ1) is 21.2. The van der Waals surface area contributed by atoms with Crippen molar-refractivity contribution >= 4 is 17.5 Å². The van der Waals surface area contributed by atoms with Gasteiger partial charge in [0.05, 0.1) is 24.4 Å². The lowest BCUT2D eigenvalue weighted by atomic mass is 9.96. The van der Waals surface area contributed by atoms with Crippen LogP contribution in [0.4, 0.5) is 0 Å². The Kier molecular flexibility index (Phi) is 5.99. The molecule has 0 aliphatic carbocycles. The molecule has 3 saturated heterocycles. The highest BCUT2D eigenvalue weighted by atomic mass is 16.5. The van der Waals surface area contributed by atoms with Gasteiger partial charge in [-0.15, -0.1) is 5.10 Å². The first-order chi connectivity index (χ1) is 15.6. The quantitative estimate of drug-likeness (QED) is 0.702. The van der Waals surface area contributed by atoms with E-state index in [0.717, 1.165) is 50.1 Å². The number of hydrogen-bond donors (Lipinski definition) is 0. The smallest absolute Gasteiger partial charge is 0.231 e. The number of piperidine rings is 1. The average molecular weight is 442 g/mol. The molecule has 2 aromatic heterocycles. The van der Waals surface area contributed by atoms with E-state index in [4.69, 9.17) is 9.47 Å². The largest absolute Gasteiger partial charge is 0.476 e. The lowest BCUT2D eigenvalue weighted by Gasteiger charge is -2.34. The van der Waals surface area contributed by atoms with E-state index in [1.807, 2.05) is 35.1 Å². The minimum absolute atomic E-state index is 0.121. The molecule has 3 fully saturated rings. The zero-order valence-electron chi connectivity index (χ0n) is 18.6. The second kappa shape index (κ2) is 9.05. The van der Waals surface area contributed by atoms with Gasteiger partial charge < -0.3 is 19.3 Å². The van der Waals surface area contributed by atoms with Gasteiger partial charge in [-0.25, -0.2) is 9.50 Å². The second-order valence-corrected chi connectivity index (χ2v) is 9.23. The summed E-state index contributed by atoms with van der Waals surface area (Å²) >= 11 is 0. The van der Waals surface area contributed by atoms with E-state index in [9.17, 15) is 9.59 Å². The maximum Gasteiger partial charge on any atom is 0.231 e. The molecular formula is C23H31N5O4. The molecule has 0 bridgehead atoms. The number of ether oxygens (including phenoxy) is 2. The van der Waals surface area contributed by atoms with Crippen LogP contribution in [0.25, 0.3) is 5.65 Å². The molecule has 1 atom stereocenters. The van der Waals surface area contributed by atoms with E-state index in [2.05, 4.69) is 10.1 Å². The maximum atomic E-state index is 13.1. The Balaban J connectivity index is 1.09.